The highest BCUT2D eigenvalue weighted by Gasteiger charge is 2.12. The summed E-state index contributed by atoms with van der Waals surface area (Å²) in [6.45, 7) is 1.99. The SMILES string of the molecule is CCCC[C@@H](CCC(=O)Nc1nncs1)C(=O)[O-]. The van der Waals surface area contributed by atoms with Crippen molar-refractivity contribution in [2.75, 3.05) is 5.32 Å². The topological polar surface area (TPSA) is 95.0 Å². The number of carbonyl (C=O) groups is 2. The van der Waals surface area contributed by atoms with Crippen molar-refractivity contribution in [3.63, 3.8) is 0 Å². The predicted octanol–water partition coefficient (Wildman–Crippen LogP) is 0.813. The van der Waals surface area contributed by atoms with Crippen LogP contribution in [-0.4, -0.2) is 22.1 Å². The monoisotopic (exact) mass is 270 g/mol. The third-order valence-electron chi connectivity index (χ3n) is 2.57. The number of hydrogen-bond donors (Lipinski definition) is 1. The first-order valence-electron chi connectivity index (χ1n) is 5.90. The normalized spacial score (nSPS) is 12.1. The number of aromatic nitrogens is 2. The molecule has 18 heavy (non-hydrogen) atoms. The summed E-state index contributed by atoms with van der Waals surface area (Å²) in [5, 5.41) is 21.1. The highest BCUT2D eigenvalue weighted by Crippen LogP contribution is 2.15. The van der Waals surface area contributed by atoms with E-state index in [1.54, 1.807) is 0 Å². The number of unbranched alkanes of at least 4 members (excludes halogenated alkanes) is 1. The first kappa shape index (κ1) is 14.6. The van der Waals surface area contributed by atoms with Crippen molar-refractivity contribution in [3.8, 4) is 0 Å². The van der Waals surface area contributed by atoms with Gasteiger partial charge in [-0.15, -0.1) is 10.2 Å². The van der Waals surface area contributed by atoms with E-state index in [0.717, 1.165) is 12.8 Å². The summed E-state index contributed by atoms with van der Waals surface area (Å²) in [6.07, 6.45) is 2.78. The number of carbonyl (C=O) groups excluding carboxylic acids is 2. The molecule has 0 aliphatic carbocycles. The number of hydrogen-bond acceptors (Lipinski definition) is 6. The van der Waals surface area contributed by atoms with E-state index in [0.29, 0.717) is 18.0 Å². The van der Waals surface area contributed by atoms with Crippen LogP contribution in [0.15, 0.2) is 5.51 Å². The zero-order valence-corrected chi connectivity index (χ0v) is 11.0. The summed E-state index contributed by atoms with van der Waals surface area (Å²) >= 11 is 1.22. The minimum atomic E-state index is -1.08. The molecule has 1 aromatic heterocycles. The molecule has 0 aromatic carbocycles. The number of nitrogens with zero attached hydrogens (tertiary/aromatic N) is 2. The van der Waals surface area contributed by atoms with Gasteiger partial charge in [0, 0.05) is 12.4 Å². The molecule has 1 atom stereocenters. The molecule has 0 bridgehead atoms. The van der Waals surface area contributed by atoms with Crippen LogP contribution in [0.5, 0.6) is 0 Å². The first-order chi connectivity index (χ1) is 8.63. The second kappa shape index (κ2) is 7.75. The van der Waals surface area contributed by atoms with E-state index in [9.17, 15) is 14.7 Å². The van der Waals surface area contributed by atoms with Crippen LogP contribution in [0.4, 0.5) is 5.13 Å². The lowest BCUT2D eigenvalue weighted by atomic mass is 9.97. The molecule has 7 heteroatoms. The fraction of sp³-hybridized carbons (Fsp3) is 0.636. The molecule has 0 radical (unpaired) electrons. The van der Waals surface area contributed by atoms with Crippen molar-refractivity contribution in [3.05, 3.63) is 5.51 Å². The maximum Gasteiger partial charge on any atom is 0.226 e. The number of anilines is 1. The van der Waals surface area contributed by atoms with Crippen LogP contribution in [0, 0.1) is 5.92 Å². The van der Waals surface area contributed by atoms with Gasteiger partial charge < -0.3 is 15.2 Å². The molecule has 0 aliphatic rings. The van der Waals surface area contributed by atoms with Crippen molar-refractivity contribution in [1.29, 1.82) is 0 Å². The van der Waals surface area contributed by atoms with Gasteiger partial charge in [-0.3, -0.25) is 4.79 Å². The van der Waals surface area contributed by atoms with Crippen molar-refractivity contribution < 1.29 is 14.7 Å². The Morgan fingerprint density at radius 1 is 1.50 bits per heavy atom. The van der Waals surface area contributed by atoms with Gasteiger partial charge in [0.05, 0.1) is 0 Å². The van der Waals surface area contributed by atoms with E-state index in [-0.39, 0.29) is 12.3 Å². The second-order valence-corrected chi connectivity index (χ2v) is 4.82. The number of carboxylic acid groups (broad SMARTS) is 1. The molecular formula is C11H16N3O3S-. The number of carboxylic acids is 1. The second-order valence-electron chi connectivity index (χ2n) is 3.99. The molecule has 1 amide bonds. The number of nitrogens with one attached hydrogen (secondary N) is 1. The van der Waals surface area contributed by atoms with E-state index in [4.69, 9.17) is 0 Å². The lowest BCUT2D eigenvalue weighted by Crippen LogP contribution is -2.32. The molecule has 6 nitrogen and oxygen atoms in total. The van der Waals surface area contributed by atoms with E-state index >= 15 is 0 Å². The standard InChI is InChI=1S/C11H17N3O3S/c1-2-3-4-8(10(16)17)5-6-9(15)13-11-14-12-7-18-11/h7-8H,2-6H2,1H3,(H,16,17)(H,13,14,15)/p-1/t8-/m0/s1. The van der Waals surface area contributed by atoms with Gasteiger partial charge in [-0.1, -0.05) is 31.1 Å². The maximum absolute atomic E-state index is 11.5. The Balaban J connectivity index is 2.32. The van der Waals surface area contributed by atoms with E-state index in [1.165, 1.54) is 16.8 Å². The largest absolute Gasteiger partial charge is 0.550 e. The molecule has 1 heterocycles. The van der Waals surface area contributed by atoms with Crippen molar-refractivity contribution >= 4 is 28.3 Å². The lowest BCUT2D eigenvalue weighted by molar-refractivity contribution is -0.312. The molecule has 0 saturated carbocycles. The molecule has 100 valence electrons. The third-order valence-corrected chi connectivity index (χ3v) is 3.17. The summed E-state index contributed by atoms with van der Waals surface area (Å²) in [5.41, 5.74) is 1.51. The average Bonchev–Trinajstić information content (AvgIpc) is 2.81. The van der Waals surface area contributed by atoms with Crippen molar-refractivity contribution in [1.82, 2.24) is 10.2 Å². The van der Waals surface area contributed by atoms with Gasteiger partial charge in [-0.25, -0.2) is 0 Å². The molecular weight excluding hydrogens is 254 g/mol. The number of aliphatic carboxylic acids is 1. The fourth-order valence-corrected chi connectivity index (χ4v) is 2.01. The molecule has 0 aliphatic heterocycles. The summed E-state index contributed by atoms with van der Waals surface area (Å²) in [5.74, 6) is -1.87. The van der Waals surface area contributed by atoms with Crippen molar-refractivity contribution in [2.24, 2.45) is 5.92 Å². The van der Waals surface area contributed by atoms with E-state index in [2.05, 4.69) is 15.5 Å². The highest BCUT2D eigenvalue weighted by molar-refractivity contribution is 7.13. The highest BCUT2D eigenvalue weighted by atomic mass is 32.1. The summed E-state index contributed by atoms with van der Waals surface area (Å²) in [6, 6.07) is 0. The third kappa shape index (κ3) is 5.22. The molecule has 1 aromatic rings. The van der Waals surface area contributed by atoms with Crippen LogP contribution in [0.2, 0.25) is 0 Å². The minimum Gasteiger partial charge on any atom is -0.550 e. The van der Waals surface area contributed by atoms with Crippen LogP contribution in [0.1, 0.15) is 39.0 Å². The molecule has 1 N–H and O–H groups in total. The van der Waals surface area contributed by atoms with Gasteiger partial charge >= 0.3 is 0 Å². The van der Waals surface area contributed by atoms with Gasteiger partial charge in [0.15, 0.2) is 0 Å². The fourth-order valence-electron chi connectivity index (χ4n) is 1.55. The Labute approximate surface area is 109 Å². The zero-order valence-electron chi connectivity index (χ0n) is 10.2. The van der Waals surface area contributed by atoms with Gasteiger partial charge in [0.1, 0.15) is 5.51 Å². The Hall–Kier alpha value is -1.50. The molecule has 0 unspecified atom stereocenters. The summed E-state index contributed by atoms with van der Waals surface area (Å²) in [7, 11) is 0. The van der Waals surface area contributed by atoms with Gasteiger partial charge in [-0.05, 0) is 18.8 Å². The quantitative estimate of drug-likeness (QED) is 0.754. The Kier molecular flexibility index (Phi) is 6.27. The number of rotatable bonds is 8. The van der Waals surface area contributed by atoms with Crippen LogP contribution in [0.25, 0.3) is 0 Å². The van der Waals surface area contributed by atoms with Crippen LogP contribution >= 0.6 is 11.3 Å². The summed E-state index contributed by atoms with van der Waals surface area (Å²) in [4.78, 5) is 22.4. The minimum absolute atomic E-state index is 0.155. The van der Waals surface area contributed by atoms with Gasteiger partial charge in [-0.2, -0.15) is 0 Å². The van der Waals surface area contributed by atoms with Crippen LogP contribution in [0.3, 0.4) is 0 Å². The molecule has 0 saturated heterocycles. The van der Waals surface area contributed by atoms with Crippen LogP contribution < -0.4 is 10.4 Å². The molecule has 1 rings (SSSR count). The first-order valence-corrected chi connectivity index (χ1v) is 6.78. The predicted molar refractivity (Wildman–Crippen MR) is 65.8 cm³/mol. The van der Waals surface area contributed by atoms with Crippen molar-refractivity contribution in [2.45, 2.75) is 39.0 Å². The lowest BCUT2D eigenvalue weighted by Gasteiger charge is -2.16. The van der Waals surface area contributed by atoms with E-state index < -0.39 is 11.9 Å². The van der Waals surface area contributed by atoms with Gasteiger partial charge in [0.25, 0.3) is 0 Å². The Morgan fingerprint density at radius 2 is 2.28 bits per heavy atom. The zero-order chi connectivity index (χ0) is 13.4. The van der Waals surface area contributed by atoms with E-state index in [1.807, 2.05) is 6.92 Å². The number of amides is 1. The van der Waals surface area contributed by atoms with Gasteiger partial charge in [0.2, 0.25) is 11.0 Å². The Bertz CT molecular complexity index is 381. The maximum atomic E-state index is 11.5. The average molecular weight is 270 g/mol. The summed E-state index contributed by atoms with van der Waals surface area (Å²) < 4.78 is 0. The molecule has 0 spiro atoms. The van der Waals surface area contributed by atoms with Crippen LogP contribution in [-0.2, 0) is 9.59 Å². The molecule has 0 fully saturated rings. The smallest absolute Gasteiger partial charge is 0.226 e. The Morgan fingerprint density at radius 3 is 2.83 bits per heavy atom.